The Hall–Kier alpha value is -2.48. The van der Waals surface area contributed by atoms with Crippen molar-refractivity contribution in [2.24, 2.45) is 0 Å². The molecule has 0 bridgehead atoms. The highest BCUT2D eigenvalue weighted by atomic mass is 16.5. The Balaban J connectivity index is 1.30. The molecule has 160 valence electrons. The summed E-state index contributed by atoms with van der Waals surface area (Å²) in [5.74, 6) is 0.756. The zero-order valence-electron chi connectivity index (χ0n) is 17.4. The number of pyridine rings is 1. The summed E-state index contributed by atoms with van der Waals surface area (Å²) in [5, 5.41) is 6.59. The standard InChI is InChI=1S/C23H31N5O2/c29-23(25-10-5-12-27-14-16-30-17-15-27)20-8-4-9-22(26-20)28-13-11-24-21(18-28)19-6-2-1-3-7-19/h1-4,6-9,21,24H,5,10-18H2,(H,25,29)/t21-/m1/s1. The Morgan fingerprint density at radius 1 is 1.10 bits per heavy atom. The number of nitrogens with zero attached hydrogens (tertiary/aromatic N) is 3. The number of carbonyl (C=O) groups is 1. The van der Waals surface area contributed by atoms with Crippen molar-refractivity contribution >= 4 is 11.7 Å². The van der Waals surface area contributed by atoms with Gasteiger partial charge in [-0.05, 0) is 30.7 Å². The number of benzene rings is 1. The molecule has 0 radical (unpaired) electrons. The SMILES string of the molecule is O=C(NCCCN1CCOCC1)c1cccc(N2CCN[C@@H](c3ccccc3)C2)n1. The van der Waals surface area contributed by atoms with Crippen LogP contribution in [0.4, 0.5) is 5.82 Å². The molecule has 3 heterocycles. The summed E-state index contributed by atoms with van der Waals surface area (Å²) in [6, 6.07) is 16.4. The van der Waals surface area contributed by atoms with E-state index in [9.17, 15) is 4.79 Å². The maximum absolute atomic E-state index is 12.6. The smallest absolute Gasteiger partial charge is 0.269 e. The van der Waals surface area contributed by atoms with Gasteiger partial charge >= 0.3 is 0 Å². The van der Waals surface area contributed by atoms with E-state index < -0.39 is 0 Å². The number of morpholine rings is 1. The van der Waals surface area contributed by atoms with E-state index in [1.165, 1.54) is 5.56 Å². The van der Waals surface area contributed by atoms with Crippen molar-refractivity contribution in [1.82, 2.24) is 20.5 Å². The van der Waals surface area contributed by atoms with Gasteiger partial charge in [-0.3, -0.25) is 9.69 Å². The molecule has 2 aromatic rings. The van der Waals surface area contributed by atoms with Gasteiger partial charge in [0.2, 0.25) is 0 Å². The molecule has 1 amide bonds. The van der Waals surface area contributed by atoms with E-state index in [0.29, 0.717) is 12.2 Å². The average molecular weight is 410 g/mol. The van der Waals surface area contributed by atoms with Crippen LogP contribution in [0, 0.1) is 0 Å². The van der Waals surface area contributed by atoms with Crippen molar-refractivity contribution in [2.75, 3.05) is 63.9 Å². The molecule has 7 nitrogen and oxygen atoms in total. The zero-order chi connectivity index (χ0) is 20.6. The Morgan fingerprint density at radius 3 is 2.77 bits per heavy atom. The highest BCUT2D eigenvalue weighted by molar-refractivity contribution is 5.92. The molecular weight excluding hydrogens is 378 g/mol. The van der Waals surface area contributed by atoms with Crippen molar-refractivity contribution in [3.05, 3.63) is 59.8 Å². The van der Waals surface area contributed by atoms with Crippen LogP contribution in [0.2, 0.25) is 0 Å². The summed E-state index contributed by atoms with van der Waals surface area (Å²) >= 11 is 0. The Bertz CT molecular complexity index is 810. The van der Waals surface area contributed by atoms with E-state index in [1.807, 2.05) is 18.2 Å². The lowest BCUT2D eigenvalue weighted by atomic mass is 10.0. The fourth-order valence-electron chi connectivity index (χ4n) is 4.01. The third-order valence-electron chi connectivity index (χ3n) is 5.71. The van der Waals surface area contributed by atoms with Gasteiger partial charge in [0.25, 0.3) is 5.91 Å². The number of anilines is 1. The number of hydrogen-bond donors (Lipinski definition) is 2. The highest BCUT2D eigenvalue weighted by Crippen LogP contribution is 2.21. The fourth-order valence-corrected chi connectivity index (χ4v) is 4.01. The maximum atomic E-state index is 12.6. The van der Waals surface area contributed by atoms with E-state index in [1.54, 1.807) is 6.07 Å². The van der Waals surface area contributed by atoms with Crippen LogP contribution in [0.15, 0.2) is 48.5 Å². The largest absolute Gasteiger partial charge is 0.379 e. The Labute approximate surface area is 178 Å². The van der Waals surface area contributed by atoms with Gasteiger partial charge in [0.05, 0.1) is 13.2 Å². The van der Waals surface area contributed by atoms with Gasteiger partial charge < -0.3 is 20.3 Å². The second kappa shape index (κ2) is 10.5. The number of nitrogens with one attached hydrogen (secondary N) is 2. The van der Waals surface area contributed by atoms with Crippen molar-refractivity contribution in [3.63, 3.8) is 0 Å². The number of hydrogen-bond acceptors (Lipinski definition) is 6. The lowest BCUT2D eigenvalue weighted by molar-refractivity contribution is 0.0374. The van der Waals surface area contributed by atoms with Gasteiger partial charge in [0, 0.05) is 45.3 Å². The number of rotatable bonds is 7. The van der Waals surface area contributed by atoms with Crippen molar-refractivity contribution in [1.29, 1.82) is 0 Å². The minimum Gasteiger partial charge on any atom is -0.379 e. The molecule has 0 aliphatic carbocycles. The summed E-state index contributed by atoms with van der Waals surface area (Å²) in [4.78, 5) is 21.9. The Kier molecular flexibility index (Phi) is 7.29. The van der Waals surface area contributed by atoms with Crippen LogP contribution in [0.1, 0.15) is 28.5 Å². The van der Waals surface area contributed by atoms with Crippen LogP contribution >= 0.6 is 0 Å². The zero-order valence-corrected chi connectivity index (χ0v) is 17.4. The number of amides is 1. The monoisotopic (exact) mass is 409 g/mol. The molecule has 2 saturated heterocycles. The second-order valence-corrected chi connectivity index (χ2v) is 7.81. The normalized spacial score (nSPS) is 20.1. The van der Waals surface area contributed by atoms with E-state index in [0.717, 1.165) is 64.7 Å². The number of carbonyl (C=O) groups excluding carboxylic acids is 1. The van der Waals surface area contributed by atoms with Gasteiger partial charge in [-0.1, -0.05) is 36.4 Å². The topological polar surface area (TPSA) is 69.7 Å². The van der Waals surface area contributed by atoms with Gasteiger partial charge in [-0.2, -0.15) is 0 Å². The molecule has 4 rings (SSSR count). The first kappa shape index (κ1) is 20.8. The summed E-state index contributed by atoms with van der Waals surface area (Å²) in [6.07, 6.45) is 0.933. The van der Waals surface area contributed by atoms with Crippen molar-refractivity contribution in [3.8, 4) is 0 Å². The molecule has 7 heteroatoms. The average Bonchev–Trinajstić information content (AvgIpc) is 2.83. The minimum atomic E-state index is -0.103. The lowest BCUT2D eigenvalue weighted by Crippen LogP contribution is -2.46. The summed E-state index contributed by atoms with van der Waals surface area (Å²) in [7, 11) is 0. The molecule has 0 unspecified atom stereocenters. The molecule has 0 saturated carbocycles. The van der Waals surface area contributed by atoms with Crippen LogP contribution in [-0.2, 0) is 4.74 Å². The number of ether oxygens (including phenoxy) is 1. The number of piperazine rings is 1. The first-order chi connectivity index (χ1) is 14.8. The van der Waals surface area contributed by atoms with E-state index in [4.69, 9.17) is 4.74 Å². The van der Waals surface area contributed by atoms with Crippen LogP contribution in [0.3, 0.4) is 0 Å². The predicted octanol–water partition coefficient (Wildman–Crippen LogP) is 1.68. The number of aromatic nitrogens is 1. The van der Waals surface area contributed by atoms with E-state index in [2.05, 4.69) is 49.7 Å². The summed E-state index contributed by atoms with van der Waals surface area (Å²) in [6.45, 7) is 7.81. The van der Waals surface area contributed by atoms with Crippen LogP contribution in [-0.4, -0.2) is 74.8 Å². The first-order valence-corrected chi connectivity index (χ1v) is 10.9. The minimum absolute atomic E-state index is 0.103. The van der Waals surface area contributed by atoms with Gasteiger partial charge in [-0.15, -0.1) is 0 Å². The van der Waals surface area contributed by atoms with Crippen molar-refractivity contribution in [2.45, 2.75) is 12.5 Å². The maximum Gasteiger partial charge on any atom is 0.269 e. The Morgan fingerprint density at radius 2 is 1.93 bits per heavy atom. The van der Waals surface area contributed by atoms with Crippen molar-refractivity contribution < 1.29 is 9.53 Å². The molecule has 1 aromatic heterocycles. The summed E-state index contributed by atoms with van der Waals surface area (Å²) < 4.78 is 5.37. The van der Waals surface area contributed by atoms with Gasteiger partial charge in [0.15, 0.2) is 0 Å². The molecule has 0 spiro atoms. The predicted molar refractivity (Wildman–Crippen MR) is 118 cm³/mol. The molecule has 1 atom stereocenters. The molecule has 2 fully saturated rings. The molecule has 1 aromatic carbocycles. The highest BCUT2D eigenvalue weighted by Gasteiger charge is 2.22. The molecule has 2 aliphatic heterocycles. The van der Waals surface area contributed by atoms with Gasteiger partial charge in [-0.25, -0.2) is 4.98 Å². The second-order valence-electron chi connectivity index (χ2n) is 7.81. The fraction of sp³-hybridized carbons (Fsp3) is 0.478. The lowest BCUT2D eigenvalue weighted by Gasteiger charge is -2.35. The van der Waals surface area contributed by atoms with Gasteiger partial charge in [0.1, 0.15) is 11.5 Å². The molecular formula is C23H31N5O2. The van der Waals surface area contributed by atoms with Crippen LogP contribution in [0.25, 0.3) is 0 Å². The molecule has 2 N–H and O–H groups in total. The van der Waals surface area contributed by atoms with Crippen LogP contribution < -0.4 is 15.5 Å². The van der Waals surface area contributed by atoms with Crippen LogP contribution in [0.5, 0.6) is 0 Å². The summed E-state index contributed by atoms with van der Waals surface area (Å²) in [5.41, 5.74) is 1.75. The molecule has 2 aliphatic rings. The molecule has 30 heavy (non-hydrogen) atoms. The quantitative estimate of drug-likeness (QED) is 0.679. The van der Waals surface area contributed by atoms with E-state index >= 15 is 0 Å². The third kappa shape index (κ3) is 5.56. The third-order valence-corrected chi connectivity index (χ3v) is 5.71. The van der Waals surface area contributed by atoms with E-state index in [-0.39, 0.29) is 11.9 Å². The first-order valence-electron chi connectivity index (χ1n) is 10.9.